The van der Waals surface area contributed by atoms with Crippen LogP contribution in [0.4, 0.5) is 5.69 Å². The third kappa shape index (κ3) is 3.71. The first kappa shape index (κ1) is 21.4. The van der Waals surface area contributed by atoms with Gasteiger partial charge in [-0.3, -0.25) is 4.79 Å². The number of carbonyl (C=O) groups is 1. The fourth-order valence-electron chi connectivity index (χ4n) is 5.05. The van der Waals surface area contributed by atoms with Crippen molar-refractivity contribution in [2.75, 3.05) is 5.32 Å². The lowest BCUT2D eigenvalue weighted by Crippen LogP contribution is -2.18. The minimum Gasteiger partial charge on any atom is -0.424 e. The van der Waals surface area contributed by atoms with E-state index in [1.807, 2.05) is 37.3 Å². The van der Waals surface area contributed by atoms with Crippen molar-refractivity contribution >= 4 is 22.5 Å². The van der Waals surface area contributed by atoms with E-state index in [0.717, 1.165) is 59.1 Å². The number of nitrogens with zero attached hydrogens (tertiary/aromatic N) is 4. The van der Waals surface area contributed by atoms with Crippen molar-refractivity contribution in [1.29, 1.82) is 5.26 Å². The van der Waals surface area contributed by atoms with E-state index in [4.69, 9.17) is 4.74 Å². The molecule has 35 heavy (non-hydrogen) atoms. The molecule has 7 nitrogen and oxygen atoms in total. The molecule has 7 heteroatoms. The largest absolute Gasteiger partial charge is 0.424 e. The molecule has 0 bridgehead atoms. The molecule has 2 aliphatic rings. The molecular formula is C28H25N5O2. The van der Waals surface area contributed by atoms with E-state index in [9.17, 15) is 10.1 Å². The Morgan fingerprint density at radius 3 is 2.69 bits per heavy atom. The second-order valence-electron chi connectivity index (χ2n) is 9.40. The van der Waals surface area contributed by atoms with Gasteiger partial charge in [-0.1, -0.05) is 13.0 Å². The molecule has 174 valence electrons. The third-order valence-electron chi connectivity index (χ3n) is 7.21. The predicted octanol–water partition coefficient (Wildman–Crippen LogP) is 6.01. The number of aryl methyl sites for hydroxylation is 1. The fourth-order valence-corrected chi connectivity index (χ4v) is 5.05. The standard InChI is InChI=1S/C28H25N5O2/c1-17-6-7-18-14-19(8-11-24(18)32-27(17)34)26-23(16-29)22-10-9-21(35-28-30-12-3-13-31-28)15-25(22)33(26)20-4-2-5-20/h3,8-15,17,20H,2,4-7H2,1H3,(H,32,34). The van der Waals surface area contributed by atoms with Crippen LogP contribution in [0.25, 0.3) is 22.2 Å². The fraction of sp³-hybridized carbons (Fsp3) is 0.286. The molecule has 1 unspecified atom stereocenters. The summed E-state index contributed by atoms with van der Waals surface area (Å²) in [6.07, 6.45) is 8.25. The third-order valence-corrected chi connectivity index (χ3v) is 7.21. The molecule has 1 aliphatic heterocycles. The van der Waals surface area contributed by atoms with Crippen molar-refractivity contribution < 1.29 is 9.53 Å². The maximum Gasteiger partial charge on any atom is 0.321 e. The zero-order valence-corrected chi connectivity index (χ0v) is 19.5. The zero-order chi connectivity index (χ0) is 23.9. The van der Waals surface area contributed by atoms with Crippen LogP contribution >= 0.6 is 0 Å². The molecule has 0 saturated heterocycles. The van der Waals surface area contributed by atoms with Crippen molar-refractivity contribution in [3.8, 4) is 29.1 Å². The number of aromatic nitrogens is 3. The Labute approximate surface area is 203 Å². The van der Waals surface area contributed by atoms with E-state index in [1.165, 1.54) is 6.42 Å². The lowest BCUT2D eigenvalue weighted by molar-refractivity contribution is -0.119. The highest BCUT2D eigenvalue weighted by Crippen LogP contribution is 2.44. The van der Waals surface area contributed by atoms with Crippen LogP contribution in [0, 0.1) is 17.2 Å². The molecule has 1 saturated carbocycles. The SMILES string of the molecule is CC1CCc2cc(-c3c(C#N)c4ccc(Oc5ncccn5)cc4n3C3CCC3)ccc2NC1=O. The molecule has 2 aromatic heterocycles. The number of benzene rings is 2. The number of fused-ring (bicyclic) bond motifs is 2. The first-order chi connectivity index (χ1) is 17.1. The van der Waals surface area contributed by atoms with E-state index in [0.29, 0.717) is 17.4 Å². The summed E-state index contributed by atoms with van der Waals surface area (Å²) in [7, 11) is 0. The van der Waals surface area contributed by atoms with Crippen molar-refractivity contribution in [3.05, 3.63) is 66.0 Å². The molecule has 4 aromatic rings. The van der Waals surface area contributed by atoms with Crippen LogP contribution in [-0.2, 0) is 11.2 Å². The quantitative estimate of drug-likeness (QED) is 0.400. The smallest absolute Gasteiger partial charge is 0.321 e. The van der Waals surface area contributed by atoms with Crippen molar-refractivity contribution in [3.63, 3.8) is 0 Å². The van der Waals surface area contributed by atoms with Gasteiger partial charge in [-0.2, -0.15) is 5.26 Å². The normalized spacial score (nSPS) is 17.7. The van der Waals surface area contributed by atoms with E-state index in [1.54, 1.807) is 18.5 Å². The second kappa shape index (κ2) is 8.55. The summed E-state index contributed by atoms with van der Waals surface area (Å²) in [5, 5.41) is 14.2. The summed E-state index contributed by atoms with van der Waals surface area (Å²) in [5.74, 6) is 0.679. The summed E-state index contributed by atoms with van der Waals surface area (Å²) < 4.78 is 8.23. The average Bonchev–Trinajstić information content (AvgIpc) is 3.07. The molecule has 3 heterocycles. The van der Waals surface area contributed by atoms with Crippen LogP contribution in [0.1, 0.15) is 49.8 Å². The average molecular weight is 464 g/mol. The van der Waals surface area contributed by atoms with E-state index >= 15 is 0 Å². The van der Waals surface area contributed by atoms with Gasteiger partial charge in [-0.15, -0.1) is 0 Å². The summed E-state index contributed by atoms with van der Waals surface area (Å²) >= 11 is 0. The number of nitriles is 1. The van der Waals surface area contributed by atoms with E-state index < -0.39 is 0 Å². The van der Waals surface area contributed by atoms with E-state index in [-0.39, 0.29) is 17.8 Å². The lowest BCUT2D eigenvalue weighted by Gasteiger charge is -2.30. The Bertz CT molecular complexity index is 1480. The van der Waals surface area contributed by atoms with Crippen LogP contribution in [0.5, 0.6) is 11.8 Å². The van der Waals surface area contributed by atoms with Gasteiger partial charge in [0.05, 0.1) is 16.8 Å². The zero-order valence-electron chi connectivity index (χ0n) is 19.5. The van der Waals surface area contributed by atoms with Gasteiger partial charge in [0.15, 0.2) is 0 Å². The molecule has 0 radical (unpaired) electrons. The summed E-state index contributed by atoms with van der Waals surface area (Å²) in [4.78, 5) is 20.6. The minimum atomic E-state index is -0.0195. The molecule has 6 rings (SSSR count). The Morgan fingerprint density at radius 1 is 1.11 bits per heavy atom. The highest BCUT2D eigenvalue weighted by Gasteiger charge is 2.29. The number of carbonyl (C=O) groups excluding carboxylic acids is 1. The lowest BCUT2D eigenvalue weighted by atomic mass is 9.91. The maximum absolute atomic E-state index is 12.3. The predicted molar refractivity (Wildman–Crippen MR) is 133 cm³/mol. The molecule has 2 aromatic carbocycles. The number of ether oxygens (including phenoxy) is 1. The topological polar surface area (TPSA) is 92.8 Å². The first-order valence-corrected chi connectivity index (χ1v) is 12.1. The summed E-state index contributed by atoms with van der Waals surface area (Å²) in [6, 6.07) is 16.8. The van der Waals surface area contributed by atoms with Crippen molar-refractivity contribution in [1.82, 2.24) is 14.5 Å². The van der Waals surface area contributed by atoms with Crippen LogP contribution in [0.2, 0.25) is 0 Å². The molecule has 1 atom stereocenters. The van der Waals surface area contributed by atoms with Gasteiger partial charge in [0, 0.05) is 41.5 Å². The van der Waals surface area contributed by atoms with Crippen LogP contribution in [0.15, 0.2) is 54.9 Å². The van der Waals surface area contributed by atoms with Crippen LogP contribution in [-0.4, -0.2) is 20.4 Å². The first-order valence-electron chi connectivity index (χ1n) is 12.1. The highest BCUT2D eigenvalue weighted by atomic mass is 16.5. The van der Waals surface area contributed by atoms with Gasteiger partial charge in [0.25, 0.3) is 0 Å². The summed E-state index contributed by atoms with van der Waals surface area (Å²) in [5.41, 5.74) is 5.56. The Kier molecular flexibility index (Phi) is 5.22. The van der Waals surface area contributed by atoms with Gasteiger partial charge < -0.3 is 14.6 Å². The Morgan fingerprint density at radius 2 is 1.94 bits per heavy atom. The Balaban J connectivity index is 1.50. The number of hydrogen-bond acceptors (Lipinski definition) is 5. The van der Waals surface area contributed by atoms with Gasteiger partial charge in [0.1, 0.15) is 11.8 Å². The van der Waals surface area contributed by atoms with Crippen LogP contribution in [0.3, 0.4) is 0 Å². The molecule has 1 aliphatic carbocycles. The highest BCUT2D eigenvalue weighted by molar-refractivity contribution is 5.97. The molecule has 1 fully saturated rings. The van der Waals surface area contributed by atoms with Gasteiger partial charge in [-0.25, -0.2) is 9.97 Å². The maximum atomic E-state index is 12.3. The number of amides is 1. The monoisotopic (exact) mass is 463 g/mol. The van der Waals surface area contributed by atoms with Crippen LogP contribution < -0.4 is 10.1 Å². The number of rotatable bonds is 4. The van der Waals surface area contributed by atoms with E-state index in [2.05, 4.69) is 32.0 Å². The number of hydrogen-bond donors (Lipinski definition) is 1. The van der Waals surface area contributed by atoms with Crippen molar-refractivity contribution in [2.24, 2.45) is 5.92 Å². The molecule has 1 N–H and O–H groups in total. The van der Waals surface area contributed by atoms with Gasteiger partial charge in [-0.05, 0) is 73.6 Å². The molecule has 0 spiro atoms. The number of anilines is 1. The van der Waals surface area contributed by atoms with Gasteiger partial charge >= 0.3 is 6.01 Å². The van der Waals surface area contributed by atoms with Crippen molar-refractivity contribution in [2.45, 2.75) is 45.1 Å². The molecule has 1 amide bonds. The summed E-state index contributed by atoms with van der Waals surface area (Å²) in [6.45, 7) is 1.96. The second-order valence-corrected chi connectivity index (χ2v) is 9.40. The molecular weight excluding hydrogens is 438 g/mol. The van der Waals surface area contributed by atoms with Gasteiger partial charge in [0.2, 0.25) is 5.91 Å². The number of nitrogens with one attached hydrogen (secondary N) is 1. The minimum absolute atomic E-state index is 0.0195. The Hall–Kier alpha value is -4.18.